The molecule has 15 heavy (non-hydrogen) atoms. The molecule has 1 heterocycles. The number of carbonyl (C=O) groups is 1. The van der Waals surface area contributed by atoms with Crippen LogP contribution in [-0.2, 0) is 0 Å². The van der Waals surface area contributed by atoms with Gasteiger partial charge in [-0.3, -0.25) is 4.79 Å². The standard InChI is InChI=1S/C11H9ClN2O/c1-8-2-3-9(7-15)11(4-8)14-6-10(12)5-13-14/h2-7H,1H3. The third kappa shape index (κ3) is 1.92. The Kier molecular flexibility index (Phi) is 2.56. The minimum Gasteiger partial charge on any atom is -0.298 e. The monoisotopic (exact) mass is 220 g/mol. The van der Waals surface area contributed by atoms with Crippen molar-refractivity contribution in [2.45, 2.75) is 6.92 Å². The van der Waals surface area contributed by atoms with E-state index in [-0.39, 0.29) is 0 Å². The van der Waals surface area contributed by atoms with Gasteiger partial charge in [-0.15, -0.1) is 0 Å². The number of aldehydes is 1. The zero-order valence-electron chi connectivity index (χ0n) is 8.14. The van der Waals surface area contributed by atoms with Crippen molar-refractivity contribution in [1.82, 2.24) is 9.78 Å². The van der Waals surface area contributed by atoms with Crippen LogP contribution in [-0.4, -0.2) is 16.1 Å². The van der Waals surface area contributed by atoms with Crippen LogP contribution in [0.4, 0.5) is 0 Å². The van der Waals surface area contributed by atoms with E-state index in [0.29, 0.717) is 10.6 Å². The van der Waals surface area contributed by atoms with Gasteiger partial charge in [0.15, 0.2) is 6.29 Å². The van der Waals surface area contributed by atoms with Crippen LogP contribution in [0.15, 0.2) is 30.6 Å². The smallest absolute Gasteiger partial charge is 0.152 e. The summed E-state index contributed by atoms with van der Waals surface area (Å²) in [7, 11) is 0. The Labute approximate surface area is 92.3 Å². The highest BCUT2D eigenvalue weighted by Gasteiger charge is 2.05. The van der Waals surface area contributed by atoms with Crippen molar-refractivity contribution >= 4 is 17.9 Å². The molecule has 0 spiro atoms. The first-order valence-electron chi connectivity index (χ1n) is 4.47. The summed E-state index contributed by atoms with van der Waals surface area (Å²) in [6.45, 7) is 1.96. The predicted molar refractivity (Wildman–Crippen MR) is 58.7 cm³/mol. The Morgan fingerprint density at radius 1 is 1.47 bits per heavy atom. The number of hydrogen-bond acceptors (Lipinski definition) is 2. The van der Waals surface area contributed by atoms with Crippen molar-refractivity contribution in [2.75, 3.05) is 0 Å². The lowest BCUT2D eigenvalue weighted by Crippen LogP contribution is -1.99. The first kappa shape index (κ1) is 9.93. The van der Waals surface area contributed by atoms with E-state index in [2.05, 4.69) is 5.10 Å². The van der Waals surface area contributed by atoms with Crippen molar-refractivity contribution in [3.05, 3.63) is 46.7 Å². The van der Waals surface area contributed by atoms with Crippen LogP contribution in [0, 0.1) is 6.92 Å². The molecule has 0 fully saturated rings. The van der Waals surface area contributed by atoms with Crippen LogP contribution in [0.25, 0.3) is 5.69 Å². The molecule has 0 atom stereocenters. The van der Waals surface area contributed by atoms with Gasteiger partial charge in [0.05, 0.1) is 16.9 Å². The summed E-state index contributed by atoms with van der Waals surface area (Å²) in [5, 5.41) is 4.61. The Hall–Kier alpha value is -1.61. The number of halogens is 1. The number of nitrogens with zero attached hydrogens (tertiary/aromatic N) is 2. The number of carbonyl (C=O) groups excluding carboxylic acids is 1. The molecule has 4 heteroatoms. The molecular weight excluding hydrogens is 212 g/mol. The maximum absolute atomic E-state index is 10.8. The lowest BCUT2D eigenvalue weighted by molar-refractivity contribution is 0.112. The average Bonchev–Trinajstić information content (AvgIpc) is 2.65. The molecule has 1 aromatic carbocycles. The van der Waals surface area contributed by atoms with Crippen LogP contribution in [0.1, 0.15) is 15.9 Å². The summed E-state index contributed by atoms with van der Waals surface area (Å²) >= 11 is 5.77. The summed E-state index contributed by atoms with van der Waals surface area (Å²) < 4.78 is 1.60. The lowest BCUT2D eigenvalue weighted by atomic mass is 10.1. The number of aromatic nitrogens is 2. The number of rotatable bonds is 2. The number of aryl methyl sites for hydroxylation is 1. The normalized spacial score (nSPS) is 10.3. The fourth-order valence-corrected chi connectivity index (χ4v) is 1.52. The molecule has 0 aliphatic rings. The lowest BCUT2D eigenvalue weighted by Gasteiger charge is -2.05. The molecule has 1 aromatic heterocycles. The highest BCUT2D eigenvalue weighted by molar-refractivity contribution is 6.30. The van der Waals surface area contributed by atoms with Gasteiger partial charge in [-0.25, -0.2) is 4.68 Å². The fourth-order valence-electron chi connectivity index (χ4n) is 1.38. The molecule has 0 N–H and O–H groups in total. The van der Waals surface area contributed by atoms with Gasteiger partial charge in [-0.05, 0) is 24.6 Å². The molecule has 76 valence electrons. The summed E-state index contributed by atoms with van der Waals surface area (Å²) in [4.78, 5) is 10.8. The van der Waals surface area contributed by atoms with E-state index in [1.165, 1.54) is 0 Å². The summed E-state index contributed by atoms with van der Waals surface area (Å²) in [6, 6.07) is 5.55. The van der Waals surface area contributed by atoms with Crippen LogP contribution in [0.2, 0.25) is 5.02 Å². The highest BCUT2D eigenvalue weighted by atomic mass is 35.5. The average molecular weight is 221 g/mol. The molecule has 0 amide bonds. The molecular formula is C11H9ClN2O. The van der Waals surface area contributed by atoms with E-state index >= 15 is 0 Å². The summed E-state index contributed by atoms with van der Waals surface area (Å²) in [6.07, 6.45) is 4.02. The van der Waals surface area contributed by atoms with Crippen LogP contribution >= 0.6 is 11.6 Å². The summed E-state index contributed by atoms with van der Waals surface area (Å²) in [5.74, 6) is 0. The molecule has 3 nitrogen and oxygen atoms in total. The largest absolute Gasteiger partial charge is 0.298 e. The molecule has 0 saturated carbocycles. The van der Waals surface area contributed by atoms with Gasteiger partial charge < -0.3 is 0 Å². The van der Waals surface area contributed by atoms with E-state index < -0.39 is 0 Å². The van der Waals surface area contributed by atoms with Crippen LogP contribution in [0.5, 0.6) is 0 Å². The van der Waals surface area contributed by atoms with Gasteiger partial charge in [-0.2, -0.15) is 5.10 Å². The van der Waals surface area contributed by atoms with Crippen LogP contribution in [0.3, 0.4) is 0 Å². The molecule has 2 aromatic rings. The third-order valence-electron chi connectivity index (χ3n) is 2.11. The molecule has 0 unspecified atom stereocenters. The van der Waals surface area contributed by atoms with Gasteiger partial charge in [0.1, 0.15) is 0 Å². The zero-order valence-corrected chi connectivity index (χ0v) is 8.90. The zero-order chi connectivity index (χ0) is 10.8. The molecule has 0 aliphatic heterocycles. The van der Waals surface area contributed by atoms with Gasteiger partial charge in [-0.1, -0.05) is 17.7 Å². The SMILES string of the molecule is Cc1ccc(C=O)c(-n2cc(Cl)cn2)c1. The maximum atomic E-state index is 10.8. The van der Waals surface area contributed by atoms with Gasteiger partial charge >= 0.3 is 0 Å². The second-order valence-electron chi connectivity index (χ2n) is 3.28. The Morgan fingerprint density at radius 2 is 2.27 bits per heavy atom. The van der Waals surface area contributed by atoms with E-state index in [0.717, 1.165) is 17.5 Å². The quantitative estimate of drug-likeness (QED) is 0.730. The second-order valence-corrected chi connectivity index (χ2v) is 3.72. The number of benzene rings is 1. The van der Waals surface area contributed by atoms with Crippen molar-refractivity contribution in [1.29, 1.82) is 0 Å². The van der Waals surface area contributed by atoms with Crippen LogP contribution < -0.4 is 0 Å². The molecule has 0 aliphatic carbocycles. The van der Waals surface area contributed by atoms with E-state index in [4.69, 9.17) is 11.6 Å². The van der Waals surface area contributed by atoms with Crippen molar-refractivity contribution in [2.24, 2.45) is 0 Å². The molecule has 0 saturated heterocycles. The van der Waals surface area contributed by atoms with E-state index in [9.17, 15) is 4.79 Å². The highest BCUT2D eigenvalue weighted by Crippen LogP contribution is 2.16. The van der Waals surface area contributed by atoms with Gasteiger partial charge in [0.2, 0.25) is 0 Å². The first-order chi connectivity index (χ1) is 7.20. The Balaban J connectivity index is 2.59. The molecule has 0 bridgehead atoms. The van der Waals surface area contributed by atoms with Gasteiger partial charge in [0, 0.05) is 11.8 Å². The Morgan fingerprint density at radius 3 is 2.87 bits per heavy atom. The van der Waals surface area contributed by atoms with Gasteiger partial charge in [0.25, 0.3) is 0 Å². The van der Waals surface area contributed by atoms with E-state index in [1.54, 1.807) is 23.1 Å². The second kappa shape index (κ2) is 3.87. The summed E-state index contributed by atoms with van der Waals surface area (Å²) in [5.41, 5.74) is 2.42. The minimum atomic E-state index is 0.549. The third-order valence-corrected chi connectivity index (χ3v) is 2.31. The topological polar surface area (TPSA) is 34.9 Å². The van der Waals surface area contributed by atoms with E-state index in [1.807, 2.05) is 19.1 Å². The van der Waals surface area contributed by atoms with Crippen molar-refractivity contribution < 1.29 is 4.79 Å². The fraction of sp³-hybridized carbons (Fsp3) is 0.0909. The molecule has 2 rings (SSSR count). The van der Waals surface area contributed by atoms with Crippen molar-refractivity contribution in [3.63, 3.8) is 0 Å². The maximum Gasteiger partial charge on any atom is 0.152 e. The predicted octanol–water partition coefficient (Wildman–Crippen LogP) is 2.65. The minimum absolute atomic E-state index is 0.549. The Bertz CT molecular complexity index is 505. The number of hydrogen-bond donors (Lipinski definition) is 0. The molecule has 0 radical (unpaired) electrons. The first-order valence-corrected chi connectivity index (χ1v) is 4.85. The van der Waals surface area contributed by atoms with Crippen molar-refractivity contribution in [3.8, 4) is 5.69 Å².